The fourth-order valence-corrected chi connectivity index (χ4v) is 3.93. The van der Waals surface area contributed by atoms with Gasteiger partial charge in [0.15, 0.2) is 5.75 Å². The van der Waals surface area contributed by atoms with Crippen LogP contribution in [-0.2, 0) is 0 Å². The smallest absolute Gasteiger partial charge is 0.152 e. The molecule has 2 rings (SSSR count). The number of methoxy groups -OCH3 is 1. The molecule has 0 aliphatic heterocycles. The standard InChI is InChI=1S/C8H6BrClIN2OP/c1-14-8-5(10)2-6-4(7(8)9)3-12-13(6)15-11/h2-3,15H,1H3. The van der Waals surface area contributed by atoms with Gasteiger partial charge in [0.05, 0.1) is 34.7 Å². The van der Waals surface area contributed by atoms with Crippen LogP contribution in [0.1, 0.15) is 0 Å². The molecule has 15 heavy (non-hydrogen) atoms. The third kappa shape index (κ3) is 1.99. The molecule has 0 aliphatic carbocycles. The largest absolute Gasteiger partial charge is 0.494 e. The number of ether oxygens (including phenoxy) is 1. The van der Waals surface area contributed by atoms with E-state index >= 15 is 0 Å². The van der Waals surface area contributed by atoms with Crippen LogP contribution in [-0.4, -0.2) is 16.7 Å². The lowest BCUT2D eigenvalue weighted by Crippen LogP contribution is -1.88. The summed E-state index contributed by atoms with van der Waals surface area (Å²) in [5, 5.41) is 5.87. The number of benzene rings is 1. The summed E-state index contributed by atoms with van der Waals surface area (Å²) >= 11 is 11.9. The number of fused-ring (bicyclic) bond motifs is 1. The van der Waals surface area contributed by atoms with E-state index in [1.54, 1.807) is 7.11 Å². The average molecular weight is 419 g/mol. The first-order valence-corrected chi connectivity index (χ1v) is 9.18. The van der Waals surface area contributed by atoms with E-state index < -0.39 is 0 Å². The first kappa shape index (κ1) is 11.9. The quantitative estimate of drug-likeness (QED) is 0.538. The van der Waals surface area contributed by atoms with E-state index in [2.05, 4.69) is 43.1 Å². The van der Waals surface area contributed by atoms with Crippen LogP contribution in [0.4, 0.5) is 0 Å². The molecule has 80 valence electrons. The lowest BCUT2D eigenvalue weighted by molar-refractivity contribution is 0.413. The molecule has 1 aromatic carbocycles. The summed E-state index contributed by atoms with van der Waals surface area (Å²) < 4.78 is 7.97. The maximum absolute atomic E-state index is 6.10. The van der Waals surface area contributed by atoms with E-state index in [9.17, 15) is 0 Å². The van der Waals surface area contributed by atoms with Crippen molar-refractivity contribution < 1.29 is 4.74 Å². The number of hydrogen-bond acceptors (Lipinski definition) is 2. The summed E-state index contributed by atoms with van der Waals surface area (Å²) in [7, 11) is 1.60. The second-order valence-electron chi connectivity index (χ2n) is 2.78. The van der Waals surface area contributed by atoms with Crippen LogP contribution in [0.3, 0.4) is 0 Å². The molecular formula is C8H6BrClIN2OP. The van der Waals surface area contributed by atoms with Gasteiger partial charge in [0, 0.05) is 5.39 Å². The number of aromatic nitrogens is 2. The van der Waals surface area contributed by atoms with E-state index in [0.717, 1.165) is 15.4 Å². The van der Waals surface area contributed by atoms with Crippen molar-refractivity contribution in [3.8, 4) is 5.75 Å². The average Bonchev–Trinajstić information content (AvgIpc) is 2.61. The first-order valence-electron chi connectivity index (χ1n) is 3.95. The van der Waals surface area contributed by atoms with E-state index in [-0.39, 0.29) is 0 Å². The normalized spacial score (nSPS) is 11.7. The van der Waals surface area contributed by atoms with Gasteiger partial charge in [-0.15, -0.1) is 0 Å². The third-order valence-electron chi connectivity index (χ3n) is 2.01. The van der Waals surface area contributed by atoms with Crippen molar-refractivity contribution in [3.63, 3.8) is 0 Å². The Hall–Kier alpha value is 0.420. The molecule has 3 nitrogen and oxygen atoms in total. The van der Waals surface area contributed by atoms with Crippen molar-refractivity contribution in [2.24, 2.45) is 0 Å². The van der Waals surface area contributed by atoms with Crippen LogP contribution in [0, 0.1) is 0 Å². The second kappa shape index (κ2) is 4.73. The lowest BCUT2D eigenvalue weighted by Gasteiger charge is -2.07. The molecule has 0 N–H and O–H groups in total. The van der Waals surface area contributed by atoms with Crippen molar-refractivity contribution in [3.05, 3.63) is 21.8 Å². The Morgan fingerprint density at radius 3 is 3.00 bits per heavy atom. The third-order valence-corrected chi connectivity index (χ3v) is 4.96. The summed E-state index contributed by atoms with van der Waals surface area (Å²) in [6.45, 7) is 0. The summed E-state index contributed by atoms with van der Waals surface area (Å²) in [6, 6.07) is 1.87. The molecule has 2 aromatic rings. The summed E-state index contributed by atoms with van der Waals surface area (Å²) in [6.07, 6.45) is 2.36. The summed E-state index contributed by atoms with van der Waals surface area (Å²) in [5.74, 6) is 0.653. The lowest BCUT2D eigenvalue weighted by atomic mass is 10.2. The molecule has 1 unspecified atom stereocenters. The molecule has 1 atom stereocenters. The molecule has 1 aromatic heterocycles. The Kier molecular flexibility index (Phi) is 3.75. The minimum atomic E-state index is 0.554. The fraction of sp³-hybridized carbons (Fsp3) is 0.125. The molecule has 1 heterocycles. The van der Waals surface area contributed by atoms with Crippen molar-refractivity contribution in [1.29, 1.82) is 0 Å². The highest BCUT2D eigenvalue weighted by Crippen LogP contribution is 2.41. The van der Waals surface area contributed by atoms with E-state index in [1.165, 1.54) is 0 Å². The first-order chi connectivity index (χ1) is 7.19. The molecule has 0 radical (unpaired) electrons. The van der Waals surface area contributed by atoms with Gasteiger partial charge in [-0.2, -0.15) is 5.10 Å². The Labute approximate surface area is 115 Å². The van der Waals surface area contributed by atoms with E-state index in [4.69, 9.17) is 16.3 Å². The van der Waals surface area contributed by atoms with Crippen LogP contribution in [0.2, 0.25) is 5.02 Å². The number of hydrogen-bond donors (Lipinski definition) is 0. The topological polar surface area (TPSA) is 27.1 Å². The fourth-order valence-electron chi connectivity index (χ4n) is 1.33. The zero-order valence-electron chi connectivity index (χ0n) is 7.59. The predicted molar refractivity (Wildman–Crippen MR) is 76.7 cm³/mol. The number of rotatable bonds is 2. The molecule has 0 fully saturated rings. The van der Waals surface area contributed by atoms with Crippen molar-refractivity contribution in [2.45, 2.75) is 0 Å². The predicted octanol–water partition coefficient (Wildman–Crippen LogP) is 4.25. The Bertz CT molecular complexity index is 519. The van der Waals surface area contributed by atoms with Gasteiger partial charge in [0.2, 0.25) is 0 Å². The number of nitrogens with zero attached hydrogens (tertiary/aromatic N) is 2. The molecule has 0 amide bonds. The zero-order chi connectivity index (χ0) is 11.0. The van der Waals surface area contributed by atoms with Crippen molar-refractivity contribution in [1.82, 2.24) is 9.55 Å². The molecular weight excluding hydrogens is 413 g/mol. The van der Waals surface area contributed by atoms with Gasteiger partial charge < -0.3 is 4.74 Å². The molecule has 0 aliphatic rings. The molecule has 0 saturated heterocycles. The maximum Gasteiger partial charge on any atom is 0.152 e. The highest BCUT2D eigenvalue weighted by atomic mass is 127. The van der Waals surface area contributed by atoms with Crippen LogP contribution in [0.25, 0.3) is 10.9 Å². The van der Waals surface area contributed by atoms with Gasteiger partial charge in [-0.05, 0) is 44.0 Å². The van der Waals surface area contributed by atoms with Gasteiger partial charge in [-0.25, -0.2) is 4.45 Å². The molecule has 0 spiro atoms. The van der Waals surface area contributed by atoms with Gasteiger partial charge >= 0.3 is 0 Å². The van der Waals surface area contributed by atoms with Gasteiger partial charge in [-0.3, -0.25) is 0 Å². The zero-order valence-corrected chi connectivity index (χ0v) is 13.1. The van der Waals surface area contributed by atoms with E-state index in [1.807, 2.05) is 16.7 Å². The molecule has 0 bridgehead atoms. The highest BCUT2D eigenvalue weighted by molar-refractivity contribution is 14.2. The summed E-state index contributed by atoms with van der Waals surface area (Å²) in [5.41, 5.74) is 1.01. The monoisotopic (exact) mass is 418 g/mol. The highest BCUT2D eigenvalue weighted by Gasteiger charge is 2.14. The minimum Gasteiger partial charge on any atom is -0.494 e. The van der Waals surface area contributed by atoms with Crippen LogP contribution < -0.4 is 4.74 Å². The Balaban J connectivity index is 2.80. The van der Waals surface area contributed by atoms with Crippen LogP contribution in [0.15, 0.2) is 16.7 Å². The van der Waals surface area contributed by atoms with Gasteiger partial charge in [0.1, 0.15) is 0 Å². The second-order valence-corrected chi connectivity index (χ2v) is 6.02. The van der Waals surface area contributed by atoms with E-state index in [0.29, 0.717) is 17.1 Å². The Morgan fingerprint density at radius 2 is 2.40 bits per heavy atom. The Morgan fingerprint density at radius 1 is 1.67 bits per heavy atom. The maximum atomic E-state index is 6.10. The SMILES string of the molecule is COc1c(Cl)cc2c(cnn2PI)c1Br. The minimum absolute atomic E-state index is 0.554. The molecule has 7 heteroatoms. The van der Waals surface area contributed by atoms with Gasteiger partial charge in [0.25, 0.3) is 0 Å². The van der Waals surface area contributed by atoms with Crippen LogP contribution in [0.5, 0.6) is 5.75 Å². The van der Waals surface area contributed by atoms with Crippen molar-refractivity contribution in [2.75, 3.05) is 7.11 Å². The molecule has 0 saturated carbocycles. The van der Waals surface area contributed by atoms with Crippen molar-refractivity contribution >= 4 is 66.8 Å². The number of halogens is 3. The van der Waals surface area contributed by atoms with Crippen LogP contribution >= 0.6 is 55.9 Å². The van der Waals surface area contributed by atoms with Gasteiger partial charge in [-0.1, -0.05) is 11.6 Å². The summed E-state index contributed by atoms with van der Waals surface area (Å²) in [4.78, 5) is 0.